The predicted molar refractivity (Wildman–Crippen MR) is 56.9 cm³/mol. The van der Waals surface area contributed by atoms with Gasteiger partial charge in [-0.3, -0.25) is 4.40 Å². The Morgan fingerprint density at radius 1 is 1.50 bits per heavy atom. The first-order chi connectivity index (χ1) is 6.81. The molecular formula is C10H7BrN2O. The van der Waals surface area contributed by atoms with Crippen LogP contribution in [0, 0.1) is 11.8 Å². The SMILES string of the molecule is OCC#Cc1cnc2ccc(Br)cn12. The van der Waals surface area contributed by atoms with E-state index in [1.165, 1.54) is 0 Å². The first-order valence-corrected chi connectivity index (χ1v) is 4.83. The van der Waals surface area contributed by atoms with E-state index in [2.05, 4.69) is 32.8 Å². The summed E-state index contributed by atoms with van der Waals surface area (Å²) in [6.45, 7) is -0.138. The number of aromatic nitrogens is 2. The van der Waals surface area contributed by atoms with E-state index in [0.29, 0.717) is 0 Å². The second-order valence-electron chi connectivity index (χ2n) is 2.68. The fraction of sp³-hybridized carbons (Fsp3) is 0.100. The summed E-state index contributed by atoms with van der Waals surface area (Å²) in [5.74, 6) is 5.42. The molecule has 0 aliphatic heterocycles. The molecule has 2 heterocycles. The van der Waals surface area contributed by atoms with Crippen LogP contribution in [0.25, 0.3) is 5.65 Å². The van der Waals surface area contributed by atoms with Crippen molar-refractivity contribution in [1.29, 1.82) is 0 Å². The average molecular weight is 251 g/mol. The molecule has 0 unspecified atom stereocenters. The van der Waals surface area contributed by atoms with Crippen LogP contribution in [0.5, 0.6) is 0 Å². The first-order valence-electron chi connectivity index (χ1n) is 4.03. The number of halogens is 1. The monoisotopic (exact) mass is 250 g/mol. The van der Waals surface area contributed by atoms with Gasteiger partial charge in [0.05, 0.1) is 6.20 Å². The third kappa shape index (κ3) is 1.65. The van der Waals surface area contributed by atoms with Crippen molar-refractivity contribution in [2.45, 2.75) is 0 Å². The van der Waals surface area contributed by atoms with Crippen LogP contribution in [-0.4, -0.2) is 21.1 Å². The van der Waals surface area contributed by atoms with Crippen LogP contribution in [0.2, 0.25) is 0 Å². The summed E-state index contributed by atoms with van der Waals surface area (Å²) >= 11 is 3.37. The second kappa shape index (κ2) is 3.82. The average Bonchev–Trinajstić information content (AvgIpc) is 2.57. The molecule has 0 aliphatic carbocycles. The van der Waals surface area contributed by atoms with E-state index in [4.69, 9.17) is 5.11 Å². The molecule has 2 rings (SSSR count). The van der Waals surface area contributed by atoms with E-state index < -0.39 is 0 Å². The van der Waals surface area contributed by atoms with Gasteiger partial charge in [0.15, 0.2) is 0 Å². The highest BCUT2D eigenvalue weighted by molar-refractivity contribution is 9.10. The molecule has 0 spiro atoms. The molecule has 2 aromatic rings. The molecule has 2 aromatic heterocycles. The molecule has 0 aromatic carbocycles. The predicted octanol–water partition coefficient (Wildman–Crippen LogP) is 1.44. The summed E-state index contributed by atoms with van der Waals surface area (Å²) in [7, 11) is 0. The van der Waals surface area contributed by atoms with Crippen molar-refractivity contribution >= 4 is 21.6 Å². The number of pyridine rings is 1. The fourth-order valence-electron chi connectivity index (χ4n) is 1.18. The van der Waals surface area contributed by atoms with E-state index in [9.17, 15) is 0 Å². The summed E-state index contributed by atoms with van der Waals surface area (Å²) in [6.07, 6.45) is 3.58. The Morgan fingerprint density at radius 3 is 3.14 bits per heavy atom. The Labute approximate surface area is 89.5 Å². The van der Waals surface area contributed by atoms with Gasteiger partial charge in [-0.1, -0.05) is 5.92 Å². The van der Waals surface area contributed by atoms with Crippen LogP contribution in [0.1, 0.15) is 5.69 Å². The molecule has 4 heteroatoms. The summed E-state index contributed by atoms with van der Waals surface area (Å²) in [6, 6.07) is 3.82. The van der Waals surface area contributed by atoms with Crippen molar-refractivity contribution in [3.8, 4) is 11.8 Å². The fourth-order valence-corrected chi connectivity index (χ4v) is 1.51. The van der Waals surface area contributed by atoms with Crippen molar-refractivity contribution in [3.63, 3.8) is 0 Å². The Kier molecular flexibility index (Phi) is 2.53. The molecule has 0 radical (unpaired) electrons. The lowest BCUT2D eigenvalue weighted by Crippen LogP contribution is -1.87. The van der Waals surface area contributed by atoms with Crippen molar-refractivity contribution in [1.82, 2.24) is 9.38 Å². The van der Waals surface area contributed by atoms with Gasteiger partial charge in [-0.15, -0.1) is 0 Å². The molecule has 3 nitrogen and oxygen atoms in total. The van der Waals surface area contributed by atoms with Crippen LogP contribution in [-0.2, 0) is 0 Å². The lowest BCUT2D eigenvalue weighted by Gasteiger charge is -1.95. The number of hydrogen-bond acceptors (Lipinski definition) is 2. The summed E-state index contributed by atoms with van der Waals surface area (Å²) in [5.41, 5.74) is 1.62. The topological polar surface area (TPSA) is 37.5 Å². The van der Waals surface area contributed by atoms with Crippen LogP contribution in [0.4, 0.5) is 0 Å². The van der Waals surface area contributed by atoms with Crippen molar-refractivity contribution in [2.75, 3.05) is 6.61 Å². The molecule has 0 atom stereocenters. The molecule has 14 heavy (non-hydrogen) atoms. The van der Waals surface area contributed by atoms with Gasteiger partial charge in [-0.2, -0.15) is 0 Å². The van der Waals surface area contributed by atoms with Gasteiger partial charge >= 0.3 is 0 Å². The van der Waals surface area contributed by atoms with Crippen molar-refractivity contribution < 1.29 is 5.11 Å². The van der Waals surface area contributed by atoms with Crippen molar-refractivity contribution in [3.05, 3.63) is 34.7 Å². The molecule has 70 valence electrons. The lowest BCUT2D eigenvalue weighted by atomic mass is 10.4. The zero-order chi connectivity index (χ0) is 9.97. The van der Waals surface area contributed by atoms with E-state index >= 15 is 0 Å². The number of nitrogens with zero attached hydrogens (tertiary/aromatic N) is 2. The molecule has 0 bridgehead atoms. The smallest absolute Gasteiger partial charge is 0.137 e. The molecule has 1 N–H and O–H groups in total. The number of imidazole rings is 1. The standard InChI is InChI=1S/C10H7BrN2O/c11-8-3-4-10-12-6-9(2-1-5-14)13(10)7-8/h3-4,6-7,14H,5H2. The van der Waals surface area contributed by atoms with Gasteiger partial charge in [0.2, 0.25) is 0 Å². The number of fused-ring (bicyclic) bond motifs is 1. The minimum Gasteiger partial charge on any atom is -0.384 e. The molecule has 0 saturated carbocycles. The van der Waals surface area contributed by atoms with Crippen LogP contribution >= 0.6 is 15.9 Å². The Hall–Kier alpha value is -1.31. The maximum Gasteiger partial charge on any atom is 0.137 e. The van der Waals surface area contributed by atoms with Crippen LogP contribution in [0.3, 0.4) is 0 Å². The van der Waals surface area contributed by atoms with Gasteiger partial charge in [0.25, 0.3) is 0 Å². The Bertz CT molecular complexity index is 522. The maximum absolute atomic E-state index is 8.58. The summed E-state index contributed by atoms with van der Waals surface area (Å²) in [4.78, 5) is 4.17. The van der Waals surface area contributed by atoms with Gasteiger partial charge in [-0.05, 0) is 34.0 Å². The van der Waals surface area contributed by atoms with E-state index in [0.717, 1.165) is 15.8 Å². The number of hydrogen-bond donors (Lipinski definition) is 1. The third-order valence-electron chi connectivity index (χ3n) is 1.77. The quantitative estimate of drug-likeness (QED) is 0.719. The number of rotatable bonds is 0. The van der Waals surface area contributed by atoms with Crippen molar-refractivity contribution in [2.24, 2.45) is 0 Å². The normalized spacial score (nSPS) is 9.86. The van der Waals surface area contributed by atoms with Gasteiger partial charge in [0, 0.05) is 10.7 Å². The molecular weight excluding hydrogens is 244 g/mol. The Balaban J connectivity index is 2.61. The first kappa shape index (κ1) is 9.25. The van der Waals surface area contributed by atoms with Gasteiger partial charge in [-0.25, -0.2) is 4.98 Å². The lowest BCUT2D eigenvalue weighted by molar-refractivity contribution is 0.350. The van der Waals surface area contributed by atoms with Crippen LogP contribution < -0.4 is 0 Å². The highest BCUT2D eigenvalue weighted by Gasteiger charge is 1.99. The maximum atomic E-state index is 8.58. The Morgan fingerprint density at radius 2 is 2.36 bits per heavy atom. The minimum absolute atomic E-state index is 0.138. The van der Waals surface area contributed by atoms with Gasteiger partial charge < -0.3 is 5.11 Å². The molecule has 0 saturated heterocycles. The zero-order valence-corrected chi connectivity index (χ0v) is 8.82. The second-order valence-corrected chi connectivity index (χ2v) is 3.59. The molecule has 0 fully saturated rings. The summed E-state index contributed by atoms with van der Waals surface area (Å²) < 4.78 is 2.84. The van der Waals surface area contributed by atoms with E-state index in [-0.39, 0.29) is 6.61 Å². The van der Waals surface area contributed by atoms with E-state index in [1.54, 1.807) is 6.20 Å². The van der Waals surface area contributed by atoms with Crippen LogP contribution in [0.15, 0.2) is 29.0 Å². The number of aliphatic hydroxyl groups is 1. The highest BCUT2D eigenvalue weighted by Crippen LogP contribution is 2.12. The highest BCUT2D eigenvalue weighted by atomic mass is 79.9. The number of aliphatic hydroxyl groups excluding tert-OH is 1. The third-order valence-corrected chi connectivity index (χ3v) is 2.23. The molecule has 0 amide bonds. The zero-order valence-electron chi connectivity index (χ0n) is 7.24. The minimum atomic E-state index is -0.138. The summed E-state index contributed by atoms with van der Waals surface area (Å²) in [5, 5.41) is 8.58. The van der Waals surface area contributed by atoms with Gasteiger partial charge in [0.1, 0.15) is 17.9 Å². The molecule has 0 aliphatic rings. The van der Waals surface area contributed by atoms with E-state index in [1.807, 2.05) is 22.7 Å². The largest absolute Gasteiger partial charge is 0.384 e.